The molecule has 0 amide bonds. The number of carbonyl (C=O) groups is 1. The third kappa shape index (κ3) is 6.95. The topological polar surface area (TPSA) is 102 Å². The second-order valence-electron chi connectivity index (χ2n) is 7.48. The molecule has 1 heterocycles. The van der Waals surface area contributed by atoms with Crippen LogP contribution >= 0.6 is 11.6 Å². The Balaban J connectivity index is 1.50. The molecule has 1 aromatic heterocycles. The van der Waals surface area contributed by atoms with Crippen LogP contribution in [0.5, 0.6) is 0 Å². The van der Waals surface area contributed by atoms with Crippen molar-refractivity contribution in [1.82, 2.24) is 20.8 Å². The van der Waals surface area contributed by atoms with Gasteiger partial charge in [-0.1, -0.05) is 28.9 Å². The highest BCUT2D eigenvalue weighted by molar-refractivity contribution is 6.30. The summed E-state index contributed by atoms with van der Waals surface area (Å²) in [5.74, 6) is 1.76. The molecule has 1 aliphatic carbocycles. The molecule has 0 saturated heterocycles. The van der Waals surface area contributed by atoms with Gasteiger partial charge in [0.1, 0.15) is 0 Å². The molecule has 2 N–H and O–H groups in total. The van der Waals surface area contributed by atoms with Crippen LogP contribution in [0.25, 0.3) is 11.4 Å². The van der Waals surface area contributed by atoms with Crippen LogP contribution in [0, 0.1) is 5.92 Å². The predicted octanol–water partition coefficient (Wildman–Crippen LogP) is 3.61. The fourth-order valence-corrected chi connectivity index (χ4v) is 3.80. The molecule has 0 radical (unpaired) electrons. The first kappa shape index (κ1) is 23.1. The lowest BCUT2D eigenvalue weighted by Gasteiger charge is -2.29. The lowest BCUT2D eigenvalue weighted by Crippen LogP contribution is -2.45. The van der Waals surface area contributed by atoms with Gasteiger partial charge < -0.3 is 19.9 Å². The molecule has 31 heavy (non-hydrogen) atoms. The average molecular weight is 448 g/mol. The van der Waals surface area contributed by atoms with Gasteiger partial charge in [-0.3, -0.25) is 9.79 Å². The van der Waals surface area contributed by atoms with E-state index >= 15 is 0 Å². The van der Waals surface area contributed by atoms with Gasteiger partial charge in [0, 0.05) is 29.6 Å². The van der Waals surface area contributed by atoms with Gasteiger partial charge in [-0.2, -0.15) is 4.98 Å². The van der Waals surface area contributed by atoms with Gasteiger partial charge in [-0.25, -0.2) is 0 Å². The Morgan fingerprint density at radius 2 is 2.10 bits per heavy atom. The Labute approximate surface area is 187 Å². The van der Waals surface area contributed by atoms with Crippen LogP contribution in [0.15, 0.2) is 33.8 Å². The highest BCUT2D eigenvalue weighted by Crippen LogP contribution is 2.25. The van der Waals surface area contributed by atoms with E-state index in [2.05, 4.69) is 25.8 Å². The maximum Gasteiger partial charge on any atom is 0.308 e. The lowest BCUT2D eigenvalue weighted by molar-refractivity contribution is -0.149. The van der Waals surface area contributed by atoms with Crippen molar-refractivity contribution in [2.75, 3.05) is 19.7 Å². The minimum atomic E-state index is -0.0711. The molecule has 0 unspecified atom stereocenters. The minimum Gasteiger partial charge on any atom is -0.466 e. The van der Waals surface area contributed by atoms with Crippen molar-refractivity contribution >= 4 is 23.5 Å². The molecule has 0 spiro atoms. The van der Waals surface area contributed by atoms with Gasteiger partial charge in [-0.05, 0) is 51.7 Å². The van der Waals surface area contributed by atoms with Gasteiger partial charge in [-0.15, -0.1) is 0 Å². The number of aliphatic imine (C=N–C) groups is 1. The summed E-state index contributed by atoms with van der Waals surface area (Å²) in [5.41, 5.74) is 0.819. The van der Waals surface area contributed by atoms with E-state index in [0.29, 0.717) is 42.4 Å². The number of carbonyl (C=O) groups excluding carboxylic acids is 1. The Bertz CT molecular complexity index is 878. The molecule has 0 atom stereocenters. The van der Waals surface area contributed by atoms with Crippen LogP contribution in [0.4, 0.5) is 0 Å². The predicted molar refractivity (Wildman–Crippen MR) is 120 cm³/mol. The zero-order chi connectivity index (χ0) is 22.1. The van der Waals surface area contributed by atoms with Crippen LogP contribution < -0.4 is 10.6 Å². The Morgan fingerprint density at radius 3 is 2.81 bits per heavy atom. The first-order chi connectivity index (χ1) is 15.1. The normalized spacial score (nSPS) is 19.1. The summed E-state index contributed by atoms with van der Waals surface area (Å²) in [5, 5.41) is 11.4. The molecule has 1 saturated carbocycles. The standard InChI is InChI=1S/C22H30ClN5O3/c1-3-24-22(26-18-10-8-15(9-11-18)21(29)30-4-2)25-13-12-19-27-20(28-31-19)16-6-5-7-17(23)14-16/h5-7,14-15,18H,3-4,8-13H2,1-2H3,(H2,24,25,26). The minimum absolute atomic E-state index is 0.0174. The van der Waals surface area contributed by atoms with E-state index in [9.17, 15) is 4.79 Å². The molecular formula is C22H30ClN5O3. The van der Waals surface area contributed by atoms with Gasteiger partial charge in [0.15, 0.2) is 5.96 Å². The number of nitrogens with one attached hydrogen (secondary N) is 2. The summed E-state index contributed by atoms with van der Waals surface area (Å²) in [6.45, 7) is 5.60. The SMILES string of the molecule is CCNC(=NCCc1nc(-c2cccc(Cl)c2)no1)NC1CCC(C(=O)OCC)CC1. The van der Waals surface area contributed by atoms with Crippen molar-refractivity contribution in [3.63, 3.8) is 0 Å². The Hall–Kier alpha value is -2.61. The number of hydrogen-bond acceptors (Lipinski definition) is 6. The number of ether oxygens (including phenoxy) is 1. The van der Waals surface area contributed by atoms with E-state index in [1.807, 2.05) is 26.0 Å². The summed E-state index contributed by atoms with van der Waals surface area (Å²) >= 11 is 6.03. The molecule has 1 aliphatic rings. The summed E-state index contributed by atoms with van der Waals surface area (Å²) in [6, 6.07) is 7.65. The van der Waals surface area contributed by atoms with Gasteiger partial charge >= 0.3 is 5.97 Å². The molecule has 9 heteroatoms. The van der Waals surface area contributed by atoms with E-state index in [4.69, 9.17) is 20.9 Å². The number of hydrogen-bond donors (Lipinski definition) is 2. The number of benzene rings is 1. The zero-order valence-electron chi connectivity index (χ0n) is 18.1. The number of esters is 1. The highest BCUT2D eigenvalue weighted by atomic mass is 35.5. The molecule has 0 aliphatic heterocycles. The zero-order valence-corrected chi connectivity index (χ0v) is 18.8. The van der Waals surface area contributed by atoms with E-state index in [0.717, 1.165) is 43.8 Å². The molecule has 1 aromatic carbocycles. The van der Waals surface area contributed by atoms with Crippen molar-refractivity contribution in [1.29, 1.82) is 0 Å². The van der Waals surface area contributed by atoms with E-state index < -0.39 is 0 Å². The maximum absolute atomic E-state index is 11.9. The van der Waals surface area contributed by atoms with Crippen LogP contribution in [-0.2, 0) is 16.0 Å². The smallest absolute Gasteiger partial charge is 0.308 e. The lowest BCUT2D eigenvalue weighted by atomic mass is 9.86. The Kier molecular flexibility index (Phi) is 8.70. The second-order valence-corrected chi connectivity index (χ2v) is 7.91. The summed E-state index contributed by atoms with van der Waals surface area (Å²) in [6.07, 6.45) is 4.05. The fraction of sp³-hybridized carbons (Fsp3) is 0.545. The van der Waals surface area contributed by atoms with Crippen LogP contribution in [-0.4, -0.2) is 47.8 Å². The third-order valence-electron chi connectivity index (χ3n) is 5.18. The van der Waals surface area contributed by atoms with E-state index in [1.54, 1.807) is 12.1 Å². The summed E-state index contributed by atoms with van der Waals surface area (Å²) < 4.78 is 10.5. The Morgan fingerprint density at radius 1 is 1.29 bits per heavy atom. The highest BCUT2D eigenvalue weighted by Gasteiger charge is 2.27. The summed E-state index contributed by atoms with van der Waals surface area (Å²) in [7, 11) is 0. The largest absolute Gasteiger partial charge is 0.466 e. The quantitative estimate of drug-likeness (QED) is 0.362. The number of guanidine groups is 1. The molecular weight excluding hydrogens is 418 g/mol. The first-order valence-electron chi connectivity index (χ1n) is 10.9. The monoisotopic (exact) mass is 447 g/mol. The van der Waals surface area contributed by atoms with Crippen molar-refractivity contribution in [3.8, 4) is 11.4 Å². The molecule has 2 aromatic rings. The molecule has 1 fully saturated rings. The average Bonchev–Trinajstić information content (AvgIpc) is 3.23. The van der Waals surface area contributed by atoms with Crippen molar-refractivity contribution in [3.05, 3.63) is 35.2 Å². The van der Waals surface area contributed by atoms with Crippen molar-refractivity contribution < 1.29 is 14.1 Å². The third-order valence-corrected chi connectivity index (χ3v) is 5.41. The van der Waals surface area contributed by atoms with Crippen LogP contribution in [0.2, 0.25) is 5.02 Å². The van der Waals surface area contributed by atoms with Gasteiger partial charge in [0.25, 0.3) is 0 Å². The maximum atomic E-state index is 11.9. The van der Waals surface area contributed by atoms with E-state index in [-0.39, 0.29) is 11.9 Å². The first-order valence-corrected chi connectivity index (χ1v) is 11.3. The number of rotatable bonds is 8. The molecule has 168 valence electrons. The molecule has 8 nitrogen and oxygen atoms in total. The second kappa shape index (κ2) is 11.7. The number of halogens is 1. The van der Waals surface area contributed by atoms with Crippen LogP contribution in [0.1, 0.15) is 45.4 Å². The van der Waals surface area contributed by atoms with Crippen LogP contribution in [0.3, 0.4) is 0 Å². The van der Waals surface area contributed by atoms with Crippen molar-refractivity contribution in [2.24, 2.45) is 10.9 Å². The number of nitrogens with zero attached hydrogens (tertiary/aromatic N) is 3. The van der Waals surface area contributed by atoms with Gasteiger partial charge in [0.05, 0.1) is 19.1 Å². The molecule has 0 bridgehead atoms. The fourth-order valence-electron chi connectivity index (χ4n) is 3.61. The summed E-state index contributed by atoms with van der Waals surface area (Å²) in [4.78, 5) is 21.0. The van der Waals surface area contributed by atoms with Gasteiger partial charge in [0.2, 0.25) is 11.7 Å². The molecule has 3 rings (SSSR count). The number of aromatic nitrogens is 2. The van der Waals surface area contributed by atoms with Crippen molar-refractivity contribution in [2.45, 2.75) is 52.0 Å². The van der Waals surface area contributed by atoms with E-state index in [1.165, 1.54) is 0 Å².